The number of morpholine rings is 1. The molecule has 0 bridgehead atoms. The Labute approximate surface area is 209 Å². The molecule has 7 heteroatoms. The van der Waals surface area contributed by atoms with E-state index in [9.17, 15) is 9.59 Å². The minimum Gasteiger partial charge on any atom is -0.379 e. The van der Waals surface area contributed by atoms with Gasteiger partial charge in [0, 0.05) is 48.2 Å². The van der Waals surface area contributed by atoms with Crippen molar-refractivity contribution >= 4 is 28.8 Å². The van der Waals surface area contributed by atoms with Gasteiger partial charge in [-0.3, -0.25) is 14.5 Å². The summed E-state index contributed by atoms with van der Waals surface area (Å²) in [6.45, 7) is 4.76. The number of amides is 2. The molecule has 2 amide bonds. The minimum atomic E-state index is 0.0168. The van der Waals surface area contributed by atoms with Gasteiger partial charge in [0.2, 0.25) is 0 Å². The molecule has 0 radical (unpaired) electrons. The van der Waals surface area contributed by atoms with Crippen LogP contribution >= 0.6 is 11.3 Å². The van der Waals surface area contributed by atoms with E-state index in [1.54, 1.807) is 0 Å². The Morgan fingerprint density at radius 1 is 1.00 bits per heavy atom. The Morgan fingerprint density at radius 3 is 2.66 bits per heavy atom. The van der Waals surface area contributed by atoms with Crippen molar-refractivity contribution in [1.29, 1.82) is 0 Å². The van der Waals surface area contributed by atoms with Crippen molar-refractivity contribution in [3.63, 3.8) is 0 Å². The lowest BCUT2D eigenvalue weighted by Crippen LogP contribution is -2.36. The number of benzene rings is 2. The summed E-state index contributed by atoms with van der Waals surface area (Å²) < 4.78 is 5.46. The number of carbonyl (C=O) groups excluding carboxylic acids is 2. The number of rotatable bonds is 5. The first kappa shape index (κ1) is 22.5. The summed E-state index contributed by atoms with van der Waals surface area (Å²) in [6.07, 6.45) is 2.87. The zero-order chi connectivity index (χ0) is 23.8. The van der Waals surface area contributed by atoms with Crippen LogP contribution in [0.2, 0.25) is 0 Å². The molecule has 0 spiro atoms. The van der Waals surface area contributed by atoms with E-state index in [-0.39, 0.29) is 11.8 Å². The molecule has 1 aliphatic carbocycles. The van der Waals surface area contributed by atoms with Gasteiger partial charge in [0.1, 0.15) is 0 Å². The first-order valence-electron chi connectivity index (χ1n) is 12.4. The molecule has 3 aromatic rings. The third-order valence-electron chi connectivity index (χ3n) is 6.92. The fourth-order valence-corrected chi connectivity index (χ4v) is 6.03. The second-order valence-corrected chi connectivity index (χ2v) is 10.6. The molecule has 2 aromatic carbocycles. The van der Waals surface area contributed by atoms with Gasteiger partial charge < -0.3 is 15.0 Å². The molecule has 1 aromatic heterocycles. The minimum absolute atomic E-state index is 0.0168. The van der Waals surface area contributed by atoms with E-state index in [0.29, 0.717) is 18.2 Å². The highest BCUT2D eigenvalue weighted by Gasteiger charge is 2.29. The number of fused-ring (bicyclic) bond motifs is 3. The second-order valence-electron chi connectivity index (χ2n) is 9.53. The summed E-state index contributed by atoms with van der Waals surface area (Å²) in [5, 5.41) is 3.10. The third-order valence-corrected chi connectivity index (χ3v) is 8.13. The molecular weight excluding hydrogens is 458 g/mol. The van der Waals surface area contributed by atoms with Gasteiger partial charge in [-0.25, -0.2) is 0 Å². The van der Waals surface area contributed by atoms with Crippen molar-refractivity contribution in [1.82, 2.24) is 10.2 Å². The summed E-state index contributed by atoms with van der Waals surface area (Å²) in [4.78, 5) is 32.6. The van der Waals surface area contributed by atoms with E-state index < -0.39 is 0 Å². The molecule has 3 heterocycles. The van der Waals surface area contributed by atoms with Gasteiger partial charge >= 0.3 is 0 Å². The highest BCUT2D eigenvalue weighted by atomic mass is 32.1. The number of para-hydroxylation sites is 1. The van der Waals surface area contributed by atoms with E-state index in [1.807, 2.05) is 47.4 Å². The molecule has 1 saturated carbocycles. The number of ether oxygens (including phenoxy) is 1. The topological polar surface area (TPSA) is 61.9 Å². The number of nitrogens with zero attached hydrogens (tertiary/aromatic N) is 2. The van der Waals surface area contributed by atoms with Gasteiger partial charge in [-0.15, -0.1) is 11.3 Å². The Kier molecular flexibility index (Phi) is 6.14. The van der Waals surface area contributed by atoms with Crippen molar-refractivity contribution in [3.8, 4) is 10.4 Å². The zero-order valence-corrected chi connectivity index (χ0v) is 20.5. The summed E-state index contributed by atoms with van der Waals surface area (Å²) in [7, 11) is 0. The molecular formula is C28H29N3O3S. The van der Waals surface area contributed by atoms with Crippen molar-refractivity contribution < 1.29 is 14.3 Å². The quantitative estimate of drug-likeness (QED) is 0.582. The Balaban J connectivity index is 1.27. The summed E-state index contributed by atoms with van der Waals surface area (Å²) in [5.74, 6) is 0.0381. The van der Waals surface area contributed by atoms with Crippen LogP contribution in [-0.4, -0.2) is 55.6 Å². The number of nitrogens with one attached hydrogen (secondary N) is 1. The summed E-state index contributed by atoms with van der Waals surface area (Å²) in [6, 6.07) is 18.4. The maximum Gasteiger partial charge on any atom is 0.261 e. The molecule has 2 aliphatic heterocycles. The van der Waals surface area contributed by atoms with Gasteiger partial charge in [-0.1, -0.05) is 30.3 Å². The highest BCUT2D eigenvalue weighted by Crippen LogP contribution is 2.42. The van der Waals surface area contributed by atoms with Crippen LogP contribution in [0.3, 0.4) is 0 Å². The first-order chi connectivity index (χ1) is 17.2. The Bertz CT molecular complexity index is 1260. The van der Waals surface area contributed by atoms with Gasteiger partial charge in [0.05, 0.1) is 23.8 Å². The van der Waals surface area contributed by atoms with E-state index in [1.165, 1.54) is 11.3 Å². The average molecular weight is 488 g/mol. The van der Waals surface area contributed by atoms with Crippen molar-refractivity contribution in [3.05, 3.63) is 76.2 Å². The van der Waals surface area contributed by atoms with Crippen LogP contribution in [0.5, 0.6) is 0 Å². The van der Waals surface area contributed by atoms with E-state index in [0.717, 1.165) is 84.2 Å². The van der Waals surface area contributed by atoms with Crippen LogP contribution in [0.25, 0.3) is 10.4 Å². The molecule has 0 unspecified atom stereocenters. The van der Waals surface area contributed by atoms with Gasteiger partial charge in [-0.05, 0) is 54.7 Å². The van der Waals surface area contributed by atoms with Gasteiger partial charge in [0.25, 0.3) is 11.8 Å². The average Bonchev–Trinajstić information content (AvgIpc) is 3.63. The van der Waals surface area contributed by atoms with Crippen LogP contribution in [0.15, 0.2) is 54.6 Å². The fourth-order valence-electron chi connectivity index (χ4n) is 4.88. The normalized spacial score (nSPS) is 17.9. The van der Waals surface area contributed by atoms with E-state index in [4.69, 9.17) is 4.74 Å². The largest absolute Gasteiger partial charge is 0.379 e. The Hall–Kier alpha value is -3.00. The van der Waals surface area contributed by atoms with E-state index >= 15 is 0 Å². The summed E-state index contributed by atoms with van der Waals surface area (Å²) >= 11 is 1.53. The number of anilines is 1. The van der Waals surface area contributed by atoms with E-state index in [2.05, 4.69) is 22.3 Å². The predicted octanol–water partition coefficient (Wildman–Crippen LogP) is 4.34. The zero-order valence-electron chi connectivity index (χ0n) is 19.7. The molecule has 6 rings (SSSR count). The lowest BCUT2D eigenvalue weighted by molar-refractivity contribution is 0.0342. The highest BCUT2D eigenvalue weighted by molar-refractivity contribution is 7.17. The number of hydrogen-bond donors (Lipinski definition) is 1. The van der Waals surface area contributed by atoms with Crippen molar-refractivity contribution in [2.45, 2.75) is 31.8 Å². The smallest absolute Gasteiger partial charge is 0.261 e. The van der Waals surface area contributed by atoms with Crippen LogP contribution in [-0.2, 0) is 17.7 Å². The third kappa shape index (κ3) is 4.76. The van der Waals surface area contributed by atoms with Gasteiger partial charge in [0.15, 0.2) is 0 Å². The summed E-state index contributed by atoms with van der Waals surface area (Å²) in [5.41, 5.74) is 4.92. The lowest BCUT2D eigenvalue weighted by Gasteiger charge is -2.27. The molecule has 2 fully saturated rings. The van der Waals surface area contributed by atoms with Crippen molar-refractivity contribution in [2.75, 3.05) is 37.7 Å². The monoisotopic (exact) mass is 487 g/mol. The standard InChI is InChI=1S/C28H29N3O3S/c32-27(29-22-8-9-22)25-17-20-10-11-31(24-7-2-1-6-23(24)26(20)35-25)28(33)21-5-3-4-19(16-21)18-30-12-14-34-15-13-30/h1-7,16-17,22H,8-15,18H2,(H,29,32). The van der Waals surface area contributed by atoms with Gasteiger partial charge in [-0.2, -0.15) is 0 Å². The molecule has 1 saturated heterocycles. The number of hydrogen-bond acceptors (Lipinski definition) is 5. The molecule has 180 valence electrons. The SMILES string of the molecule is O=C(NC1CC1)c1cc2c(s1)-c1ccccc1N(C(=O)c1cccc(CN3CCOCC3)c1)CC2. The van der Waals surface area contributed by atoms with Crippen LogP contribution in [0.4, 0.5) is 5.69 Å². The predicted molar refractivity (Wildman–Crippen MR) is 138 cm³/mol. The molecule has 35 heavy (non-hydrogen) atoms. The molecule has 3 aliphatic rings. The molecule has 1 N–H and O–H groups in total. The maximum absolute atomic E-state index is 13.8. The van der Waals surface area contributed by atoms with Crippen LogP contribution in [0.1, 0.15) is 44.0 Å². The molecule has 6 nitrogen and oxygen atoms in total. The van der Waals surface area contributed by atoms with Crippen LogP contribution in [0, 0.1) is 0 Å². The molecule has 0 atom stereocenters. The first-order valence-corrected chi connectivity index (χ1v) is 13.2. The second kappa shape index (κ2) is 9.57. The Morgan fingerprint density at radius 2 is 1.83 bits per heavy atom. The van der Waals surface area contributed by atoms with Crippen LogP contribution < -0.4 is 10.2 Å². The number of thiophene rings is 1. The number of carbonyl (C=O) groups is 2. The fraction of sp³-hybridized carbons (Fsp3) is 0.357. The van der Waals surface area contributed by atoms with Crippen molar-refractivity contribution in [2.24, 2.45) is 0 Å². The maximum atomic E-state index is 13.8. The lowest BCUT2D eigenvalue weighted by atomic mass is 10.1.